The minimum Gasteiger partial charge on any atom is -0.504 e. The van der Waals surface area contributed by atoms with Crippen LogP contribution in [0.4, 0.5) is 0 Å². The van der Waals surface area contributed by atoms with Crippen LogP contribution in [0.15, 0.2) is 66.7 Å². The van der Waals surface area contributed by atoms with Gasteiger partial charge in [0.25, 0.3) is 0 Å². The van der Waals surface area contributed by atoms with Crippen LogP contribution in [0.2, 0.25) is 0 Å². The summed E-state index contributed by atoms with van der Waals surface area (Å²) in [5.41, 5.74) is 0. The van der Waals surface area contributed by atoms with Crippen LogP contribution in [0.5, 0.6) is 23.0 Å². The van der Waals surface area contributed by atoms with E-state index in [0.717, 1.165) is 10.6 Å². The van der Waals surface area contributed by atoms with Gasteiger partial charge < -0.3 is 20.4 Å². The molecule has 3 aromatic rings. The fourth-order valence-corrected chi connectivity index (χ4v) is 4.74. The molecule has 4 N–H and O–H groups in total. The largest absolute Gasteiger partial charge is 0.504 e. The van der Waals surface area contributed by atoms with E-state index in [4.69, 9.17) is 0 Å². The smallest absolute Gasteiger partial charge is 0.204 e. The lowest BCUT2D eigenvalue weighted by Gasteiger charge is -2.21. The molecule has 0 unspecified atom stereocenters. The Labute approximate surface area is 134 Å². The molecule has 4 nitrogen and oxygen atoms in total. The molecule has 3 rings (SSSR count). The molecule has 0 bridgehead atoms. The molecule has 0 aliphatic carbocycles. The maximum Gasteiger partial charge on any atom is 0.204 e. The van der Waals surface area contributed by atoms with Gasteiger partial charge in [-0.2, -0.15) is 0 Å². The number of phenolic OH excluding ortho intramolecular Hbond substituents is 4. The molecule has 0 saturated heterocycles. The third-order valence-electron chi connectivity index (χ3n) is 3.48. The maximum absolute atomic E-state index is 10.3. The van der Waals surface area contributed by atoms with Gasteiger partial charge >= 0.3 is 0 Å². The highest BCUT2D eigenvalue weighted by Gasteiger charge is 2.25. The third kappa shape index (κ3) is 2.81. The van der Waals surface area contributed by atoms with Gasteiger partial charge in [-0.25, -0.2) is 0 Å². The lowest BCUT2D eigenvalue weighted by Crippen LogP contribution is -2.20. The van der Waals surface area contributed by atoms with Gasteiger partial charge in [-0.05, 0) is 24.6 Å². The van der Waals surface area contributed by atoms with E-state index in [1.807, 2.05) is 60.7 Å². The van der Waals surface area contributed by atoms with Gasteiger partial charge in [0.15, 0.2) is 11.5 Å². The first-order valence-electron chi connectivity index (χ1n) is 6.96. The van der Waals surface area contributed by atoms with Crippen LogP contribution < -0.4 is 15.9 Å². The van der Waals surface area contributed by atoms with E-state index < -0.39 is 30.9 Å². The van der Waals surface area contributed by atoms with E-state index in [1.54, 1.807) is 0 Å². The van der Waals surface area contributed by atoms with Gasteiger partial charge in [-0.15, -0.1) is 0 Å². The van der Waals surface area contributed by atoms with Crippen molar-refractivity contribution in [2.24, 2.45) is 0 Å². The molecule has 0 spiro atoms. The molecule has 0 atom stereocenters. The Balaban J connectivity index is 2.26. The Kier molecular flexibility index (Phi) is 4.09. The topological polar surface area (TPSA) is 80.9 Å². The SMILES string of the molecule is Oc1cc(P(c2ccccc2)c2ccccc2)c(O)c(O)c1O. The van der Waals surface area contributed by atoms with Gasteiger partial charge in [0.1, 0.15) is 0 Å². The van der Waals surface area contributed by atoms with Crippen molar-refractivity contribution in [3.05, 3.63) is 66.7 Å². The van der Waals surface area contributed by atoms with Gasteiger partial charge in [0.2, 0.25) is 11.5 Å². The molecule has 5 heteroatoms. The predicted molar refractivity (Wildman–Crippen MR) is 91.8 cm³/mol. The van der Waals surface area contributed by atoms with Crippen LogP contribution in [-0.2, 0) is 0 Å². The second-order valence-electron chi connectivity index (χ2n) is 4.97. The average Bonchev–Trinajstić information content (AvgIpc) is 2.60. The third-order valence-corrected chi connectivity index (χ3v) is 5.93. The molecule has 0 amide bonds. The molecule has 0 aliphatic heterocycles. The van der Waals surface area contributed by atoms with E-state index >= 15 is 0 Å². The van der Waals surface area contributed by atoms with E-state index in [9.17, 15) is 20.4 Å². The predicted octanol–water partition coefficient (Wildman–Crippen LogP) is 2.27. The van der Waals surface area contributed by atoms with Crippen LogP contribution in [-0.4, -0.2) is 20.4 Å². The molecular weight excluding hydrogens is 311 g/mol. The fraction of sp³-hybridized carbons (Fsp3) is 0. The zero-order chi connectivity index (χ0) is 16.4. The van der Waals surface area contributed by atoms with Crippen LogP contribution in [0, 0.1) is 0 Å². The highest BCUT2D eigenvalue weighted by Crippen LogP contribution is 2.46. The highest BCUT2D eigenvalue weighted by atomic mass is 31.1. The summed E-state index contributed by atoms with van der Waals surface area (Å²) in [7, 11) is -1.19. The van der Waals surface area contributed by atoms with Crippen molar-refractivity contribution in [2.75, 3.05) is 0 Å². The Morgan fingerprint density at radius 3 is 1.52 bits per heavy atom. The molecule has 0 aliphatic rings. The zero-order valence-electron chi connectivity index (χ0n) is 12.1. The summed E-state index contributed by atoms with van der Waals surface area (Å²) in [6.45, 7) is 0. The van der Waals surface area contributed by atoms with Crippen LogP contribution >= 0.6 is 7.92 Å². The van der Waals surface area contributed by atoms with Crippen molar-refractivity contribution in [1.29, 1.82) is 0 Å². The number of rotatable bonds is 3. The van der Waals surface area contributed by atoms with Crippen LogP contribution in [0.1, 0.15) is 0 Å². The average molecular weight is 326 g/mol. The van der Waals surface area contributed by atoms with E-state index in [0.29, 0.717) is 5.30 Å². The first kappa shape index (κ1) is 15.2. The normalized spacial score (nSPS) is 10.8. The van der Waals surface area contributed by atoms with Crippen molar-refractivity contribution in [2.45, 2.75) is 0 Å². The van der Waals surface area contributed by atoms with Crippen LogP contribution in [0.3, 0.4) is 0 Å². The maximum atomic E-state index is 10.3. The molecule has 0 heterocycles. The second kappa shape index (κ2) is 6.19. The van der Waals surface area contributed by atoms with Gasteiger partial charge in [0.05, 0.1) is 0 Å². The van der Waals surface area contributed by atoms with Gasteiger partial charge in [-0.1, -0.05) is 60.7 Å². The Hall–Kier alpha value is -2.71. The Bertz CT molecular complexity index is 780. The van der Waals surface area contributed by atoms with Gasteiger partial charge in [-0.3, -0.25) is 0 Å². The summed E-state index contributed by atoms with van der Waals surface area (Å²) >= 11 is 0. The summed E-state index contributed by atoms with van der Waals surface area (Å²) in [5, 5.41) is 41.9. The van der Waals surface area contributed by atoms with Crippen molar-refractivity contribution < 1.29 is 20.4 Å². The van der Waals surface area contributed by atoms with Crippen molar-refractivity contribution in [3.63, 3.8) is 0 Å². The molecule has 0 fully saturated rings. The fourth-order valence-electron chi connectivity index (χ4n) is 2.37. The Morgan fingerprint density at radius 2 is 1.04 bits per heavy atom. The minimum atomic E-state index is -1.19. The Morgan fingerprint density at radius 1 is 0.565 bits per heavy atom. The molecule has 23 heavy (non-hydrogen) atoms. The van der Waals surface area contributed by atoms with E-state index in [1.165, 1.54) is 6.07 Å². The first-order chi connectivity index (χ1) is 11.1. The summed E-state index contributed by atoms with van der Waals surface area (Å²) in [6.07, 6.45) is 0. The van der Waals surface area contributed by atoms with Crippen molar-refractivity contribution >= 4 is 23.8 Å². The number of benzene rings is 3. The van der Waals surface area contributed by atoms with Gasteiger partial charge in [0, 0.05) is 5.30 Å². The molecule has 3 aromatic carbocycles. The zero-order valence-corrected chi connectivity index (χ0v) is 13.0. The molecular formula is C18H15O4P. The van der Waals surface area contributed by atoms with Crippen molar-refractivity contribution in [3.8, 4) is 23.0 Å². The lowest BCUT2D eigenvalue weighted by molar-refractivity contribution is 0.348. The second-order valence-corrected chi connectivity index (χ2v) is 7.15. The molecule has 0 saturated carbocycles. The molecule has 0 radical (unpaired) electrons. The summed E-state index contributed by atoms with van der Waals surface area (Å²) < 4.78 is 0. The first-order valence-corrected chi connectivity index (χ1v) is 8.31. The van der Waals surface area contributed by atoms with Crippen LogP contribution in [0.25, 0.3) is 0 Å². The minimum absolute atomic E-state index is 0.380. The monoisotopic (exact) mass is 326 g/mol. The molecule has 116 valence electrons. The van der Waals surface area contributed by atoms with E-state index in [-0.39, 0.29) is 0 Å². The molecule has 0 aromatic heterocycles. The number of hydrogen-bond donors (Lipinski definition) is 4. The standard InChI is InChI=1S/C18H15O4P/c19-14-11-15(17(21)18(22)16(14)20)23(12-7-3-1-4-8-12)13-9-5-2-6-10-13/h1-11,19-22H. The lowest BCUT2D eigenvalue weighted by atomic mass is 10.2. The number of phenols is 4. The summed E-state index contributed by atoms with van der Waals surface area (Å²) in [6, 6.07) is 20.4. The summed E-state index contributed by atoms with van der Waals surface area (Å²) in [4.78, 5) is 0. The van der Waals surface area contributed by atoms with Crippen molar-refractivity contribution in [1.82, 2.24) is 0 Å². The summed E-state index contributed by atoms with van der Waals surface area (Å²) in [5.74, 6) is -2.31. The quantitative estimate of drug-likeness (QED) is 0.338. The van der Waals surface area contributed by atoms with E-state index in [2.05, 4.69) is 0 Å². The number of hydrogen-bond acceptors (Lipinski definition) is 4. The number of aromatic hydroxyl groups is 4. The highest BCUT2D eigenvalue weighted by molar-refractivity contribution is 7.80.